The SMILES string of the molecule is O=C([C@H]1C[C@@H]2CCN(CC3CCOCC3)C[C@H]2O1)N1CCCO1. The van der Waals surface area contributed by atoms with E-state index in [1.807, 2.05) is 0 Å². The molecule has 4 heterocycles. The summed E-state index contributed by atoms with van der Waals surface area (Å²) >= 11 is 0. The van der Waals surface area contributed by atoms with Crippen molar-refractivity contribution in [2.24, 2.45) is 11.8 Å². The van der Waals surface area contributed by atoms with E-state index in [4.69, 9.17) is 14.3 Å². The van der Waals surface area contributed by atoms with E-state index < -0.39 is 0 Å². The number of nitrogens with zero attached hydrogens (tertiary/aromatic N) is 2. The van der Waals surface area contributed by atoms with Crippen LogP contribution in [0.15, 0.2) is 0 Å². The van der Waals surface area contributed by atoms with E-state index in [0.717, 1.165) is 58.0 Å². The van der Waals surface area contributed by atoms with Crippen molar-refractivity contribution in [1.29, 1.82) is 0 Å². The molecular formula is C17H28N2O4. The van der Waals surface area contributed by atoms with Gasteiger partial charge in [-0.25, -0.2) is 5.06 Å². The minimum absolute atomic E-state index is 0.0351. The highest BCUT2D eigenvalue weighted by Crippen LogP contribution is 2.35. The van der Waals surface area contributed by atoms with Crippen LogP contribution < -0.4 is 0 Å². The monoisotopic (exact) mass is 324 g/mol. The highest BCUT2D eigenvalue weighted by atomic mass is 16.7. The van der Waals surface area contributed by atoms with Crippen molar-refractivity contribution >= 4 is 5.91 Å². The molecule has 1 amide bonds. The van der Waals surface area contributed by atoms with Crippen LogP contribution in [0.5, 0.6) is 0 Å². The topological polar surface area (TPSA) is 51.2 Å². The molecule has 23 heavy (non-hydrogen) atoms. The van der Waals surface area contributed by atoms with Crippen LogP contribution >= 0.6 is 0 Å². The standard InChI is InChI=1S/C17H28N2O4/c20-17(19-5-1-7-22-19)15-10-14-2-6-18(12-16(14)23-15)11-13-3-8-21-9-4-13/h13-16H,1-12H2/t14-,15+,16+/m0/s1. The molecule has 0 aromatic carbocycles. The van der Waals surface area contributed by atoms with E-state index in [0.29, 0.717) is 19.1 Å². The van der Waals surface area contributed by atoms with E-state index >= 15 is 0 Å². The van der Waals surface area contributed by atoms with Crippen molar-refractivity contribution in [3.8, 4) is 0 Å². The lowest BCUT2D eigenvalue weighted by Gasteiger charge is -2.36. The first-order valence-electron chi connectivity index (χ1n) is 9.19. The number of rotatable bonds is 3. The Hall–Kier alpha value is -0.690. The summed E-state index contributed by atoms with van der Waals surface area (Å²) in [6, 6.07) is 0. The molecule has 4 saturated heterocycles. The third-order valence-electron chi connectivity index (χ3n) is 5.77. The fraction of sp³-hybridized carbons (Fsp3) is 0.941. The van der Waals surface area contributed by atoms with Crippen LogP contribution in [0.1, 0.15) is 32.1 Å². The predicted molar refractivity (Wildman–Crippen MR) is 83.7 cm³/mol. The van der Waals surface area contributed by atoms with Gasteiger partial charge in [-0.15, -0.1) is 0 Å². The quantitative estimate of drug-likeness (QED) is 0.777. The van der Waals surface area contributed by atoms with Gasteiger partial charge in [0, 0.05) is 26.3 Å². The summed E-state index contributed by atoms with van der Waals surface area (Å²) in [7, 11) is 0. The van der Waals surface area contributed by atoms with Gasteiger partial charge in [0.25, 0.3) is 5.91 Å². The Labute approximate surface area is 138 Å². The van der Waals surface area contributed by atoms with Gasteiger partial charge >= 0.3 is 0 Å². The summed E-state index contributed by atoms with van der Waals surface area (Å²) in [4.78, 5) is 20.4. The van der Waals surface area contributed by atoms with E-state index in [1.54, 1.807) is 0 Å². The van der Waals surface area contributed by atoms with Crippen molar-refractivity contribution in [2.75, 3.05) is 46.0 Å². The molecule has 6 heteroatoms. The number of piperidine rings is 1. The van der Waals surface area contributed by atoms with Gasteiger partial charge in [0.15, 0.2) is 0 Å². The fourth-order valence-electron chi connectivity index (χ4n) is 4.40. The molecule has 0 unspecified atom stereocenters. The molecule has 6 nitrogen and oxygen atoms in total. The molecule has 4 fully saturated rings. The summed E-state index contributed by atoms with van der Waals surface area (Å²) in [5.74, 6) is 1.34. The van der Waals surface area contributed by atoms with Gasteiger partial charge in [-0.1, -0.05) is 0 Å². The number of hydroxylamine groups is 2. The van der Waals surface area contributed by atoms with Crippen molar-refractivity contribution < 1.29 is 19.1 Å². The Morgan fingerprint density at radius 3 is 2.74 bits per heavy atom. The average molecular weight is 324 g/mol. The zero-order valence-corrected chi connectivity index (χ0v) is 13.8. The first-order valence-corrected chi connectivity index (χ1v) is 9.19. The molecule has 4 aliphatic rings. The second-order valence-corrected chi connectivity index (χ2v) is 7.39. The van der Waals surface area contributed by atoms with Crippen molar-refractivity contribution in [3.05, 3.63) is 0 Å². The van der Waals surface area contributed by atoms with Crippen molar-refractivity contribution in [3.63, 3.8) is 0 Å². The van der Waals surface area contributed by atoms with Gasteiger partial charge < -0.3 is 14.4 Å². The molecule has 4 rings (SSSR count). The van der Waals surface area contributed by atoms with Crippen LogP contribution in [0.4, 0.5) is 0 Å². The summed E-state index contributed by atoms with van der Waals surface area (Å²) in [6.07, 6.45) is 5.25. The van der Waals surface area contributed by atoms with E-state index in [-0.39, 0.29) is 18.1 Å². The number of hydrogen-bond acceptors (Lipinski definition) is 5. The predicted octanol–water partition coefficient (Wildman–Crippen LogP) is 1.06. The van der Waals surface area contributed by atoms with Crippen molar-refractivity contribution in [1.82, 2.24) is 9.96 Å². The fourth-order valence-corrected chi connectivity index (χ4v) is 4.40. The smallest absolute Gasteiger partial charge is 0.275 e. The number of carbonyl (C=O) groups excluding carboxylic acids is 1. The lowest BCUT2D eigenvalue weighted by molar-refractivity contribution is -0.180. The molecule has 3 atom stereocenters. The Bertz CT molecular complexity index is 421. The van der Waals surface area contributed by atoms with Crippen LogP contribution in [-0.4, -0.2) is 74.1 Å². The molecule has 0 saturated carbocycles. The molecule has 4 aliphatic heterocycles. The highest BCUT2D eigenvalue weighted by Gasteiger charge is 2.43. The minimum Gasteiger partial charge on any atom is -0.381 e. The zero-order valence-electron chi connectivity index (χ0n) is 13.8. The third kappa shape index (κ3) is 3.55. The lowest BCUT2D eigenvalue weighted by Crippen LogP contribution is -2.45. The van der Waals surface area contributed by atoms with Crippen LogP contribution in [0, 0.1) is 11.8 Å². The van der Waals surface area contributed by atoms with Crippen LogP contribution in [-0.2, 0) is 19.1 Å². The van der Waals surface area contributed by atoms with Crippen molar-refractivity contribution in [2.45, 2.75) is 44.3 Å². The van der Waals surface area contributed by atoms with Crippen LogP contribution in [0.2, 0.25) is 0 Å². The molecule has 0 radical (unpaired) electrons. The lowest BCUT2D eigenvalue weighted by atomic mass is 9.90. The Balaban J connectivity index is 1.28. The molecule has 0 spiro atoms. The molecule has 130 valence electrons. The zero-order chi connectivity index (χ0) is 15.6. The van der Waals surface area contributed by atoms with E-state index in [2.05, 4.69) is 4.90 Å². The minimum atomic E-state index is -0.286. The van der Waals surface area contributed by atoms with Gasteiger partial charge in [-0.05, 0) is 50.5 Å². The van der Waals surface area contributed by atoms with E-state index in [1.165, 1.54) is 17.9 Å². The number of carbonyl (C=O) groups is 1. The maximum Gasteiger partial charge on any atom is 0.275 e. The molecule has 0 bridgehead atoms. The largest absolute Gasteiger partial charge is 0.381 e. The summed E-state index contributed by atoms with van der Waals surface area (Å²) in [6.45, 7) is 6.47. The number of ether oxygens (including phenoxy) is 2. The summed E-state index contributed by atoms with van der Waals surface area (Å²) in [5, 5.41) is 1.52. The summed E-state index contributed by atoms with van der Waals surface area (Å²) in [5.41, 5.74) is 0. The Kier molecular flexibility index (Phi) is 4.85. The van der Waals surface area contributed by atoms with Gasteiger partial charge in [-0.2, -0.15) is 0 Å². The Morgan fingerprint density at radius 2 is 1.96 bits per heavy atom. The van der Waals surface area contributed by atoms with E-state index in [9.17, 15) is 4.79 Å². The number of amides is 1. The molecule has 0 aromatic rings. The van der Waals surface area contributed by atoms with Gasteiger partial charge in [0.05, 0.1) is 19.3 Å². The van der Waals surface area contributed by atoms with Crippen LogP contribution in [0.3, 0.4) is 0 Å². The molecular weight excluding hydrogens is 296 g/mol. The van der Waals surface area contributed by atoms with Crippen LogP contribution in [0.25, 0.3) is 0 Å². The Morgan fingerprint density at radius 1 is 1.09 bits per heavy atom. The molecule has 0 aromatic heterocycles. The second kappa shape index (κ2) is 7.05. The summed E-state index contributed by atoms with van der Waals surface area (Å²) < 4.78 is 11.6. The van der Waals surface area contributed by atoms with Gasteiger partial charge in [-0.3, -0.25) is 9.63 Å². The third-order valence-corrected chi connectivity index (χ3v) is 5.77. The van der Waals surface area contributed by atoms with Gasteiger partial charge in [0.1, 0.15) is 6.10 Å². The highest BCUT2D eigenvalue weighted by molar-refractivity contribution is 5.80. The number of fused-ring (bicyclic) bond motifs is 1. The maximum absolute atomic E-state index is 12.4. The molecule has 0 N–H and O–H groups in total. The first-order chi connectivity index (χ1) is 11.3. The number of hydrogen-bond donors (Lipinski definition) is 0. The molecule has 0 aliphatic carbocycles. The van der Waals surface area contributed by atoms with Gasteiger partial charge in [0.2, 0.25) is 0 Å². The first kappa shape index (κ1) is 15.8. The maximum atomic E-state index is 12.4. The normalized spacial score (nSPS) is 36.3. The average Bonchev–Trinajstić information content (AvgIpc) is 3.24. The second-order valence-electron chi connectivity index (χ2n) is 7.39. The number of likely N-dealkylation sites (tertiary alicyclic amines) is 1.